The van der Waals surface area contributed by atoms with Gasteiger partial charge >= 0.3 is 0 Å². The lowest BCUT2D eigenvalue weighted by atomic mass is 10.0. The smallest absolute Gasteiger partial charge is 0.127 e. The predicted octanol–water partition coefficient (Wildman–Crippen LogP) is 3.49. The van der Waals surface area contributed by atoms with Crippen LogP contribution < -0.4 is 4.74 Å². The number of nitrogens with zero attached hydrogens (tertiary/aromatic N) is 2. The van der Waals surface area contributed by atoms with Gasteiger partial charge < -0.3 is 9.47 Å². The zero-order valence-corrected chi connectivity index (χ0v) is 16.4. The van der Waals surface area contributed by atoms with Crippen LogP contribution in [0.3, 0.4) is 0 Å². The Hall–Kier alpha value is -1.95. The summed E-state index contributed by atoms with van der Waals surface area (Å²) in [6.07, 6.45) is 2.15. The molecule has 2 aromatic carbocycles. The molecular formula is C23H29FN2O2. The molecule has 2 aliphatic rings. The Morgan fingerprint density at radius 3 is 2.71 bits per heavy atom. The molecule has 0 spiro atoms. The molecule has 2 heterocycles. The fraction of sp³-hybridized carbons (Fsp3) is 0.478. The minimum Gasteiger partial charge on any atom is -0.493 e. The van der Waals surface area contributed by atoms with Crippen LogP contribution in [0.4, 0.5) is 4.39 Å². The Labute approximate surface area is 166 Å². The lowest BCUT2D eigenvalue weighted by Crippen LogP contribution is -2.41. The lowest BCUT2D eigenvalue weighted by Gasteiger charge is -2.30. The van der Waals surface area contributed by atoms with Crippen molar-refractivity contribution in [2.24, 2.45) is 0 Å². The van der Waals surface area contributed by atoms with Gasteiger partial charge in [-0.1, -0.05) is 30.3 Å². The molecule has 4 nitrogen and oxygen atoms in total. The summed E-state index contributed by atoms with van der Waals surface area (Å²) in [5, 5.41) is 0. The second-order valence-corrected chi connectivity index (χ2v) is 7.65. The highest BCUT2D eigenvalue weighted by Gasteiger charge is 2.16. The average Bonchev–Trinajstić information content (AvgIpc) is 2.74. The Morgan fingerprint density at radius 1 is 1.00 bits per heavy atom. The highest BCUT2D eigenvalue weighted by molar-refractivity contribution is 5.38. The summed E-state index contributed by atoms with van der Waals surface area (Å²) in [6, 6.07) is 13.6. The van der Waals surface area contributed by atoms with Gasteiger partial charge in [0.15, 0.2) is 0 Å². The van der Waals surface area contributed by atoms with E-state index in [-0.39, 0.29) is 5.82 Å². The van der Waals surface area contributed by atoms with Crippen molar-refractivity contribution in [1.29, 1.82) is 0 Å². The summed E-state index contributed by atoms with van der Waals surface area (Å²) >= 11 is 0. The number of hydrogen-bond donors (Lipinski definition) is 0. The zero-order chi connectivity index (χ0) is 19.2. The topological polar surface area (TPSA) is 24.9 Å². The van der Waals surface area contributed by atoms with Gasteiger partial charge in [0.1, 0.15) is 11.6 Å². The molecule has 150 valence electrons. The van der Waals surface area contributed by atoms with Gasteiger partial charge in [0, 0.05) is 44.8 Å². The molecule has 0 saturated carbocycles. The Morgan fingerprint density at radius 2 is 1.86 bits per heavy atom. The highest BCUT2D eigenvalue weighted by atomic mass is 19.1. The molecule has 0 radical (unpaired) electrons. The Balaban J connectivity index is 1.46. The second kappa shape index (κ2) is 9.50. The van der Waals surface area contributed by atoms with Gasteiger partial charge in [-0.05, 0) is 36.1 Å². The first kappa shape index (κ1) is 19.4. The van der Waals surface area contributed by atoms with Crippen molar-refractivity contribution in [3.05, 3.63) is 65.0 Å². The molecule has 0 atom stereocenters. The van der Waals surface area contributed by atoms with Crippen LogP contribution in [0.1, 0.15) is 23.1 Å². The molecule has 4 rings (SSSR count). The van der Waals surface area contributed by atoms with Crippen LogP contribution in [-0.2, 0) is 24.2 Å². The van der Waals surface area contributed by atoms with Crippen LogP contribution in [-0.4, -0.2) is 55.8 Å². The van der Waals surface area contributed by atoms with Crippen LogP contribution >= 0.6 is 0 Å². The molecule has 0 N–H and O–H groups in total. The van der Waals surface area contributed by atoms with Crippen LogP contribution in [0.2, 0.25) is 0 Å². The van der Waals surface area contributed by atoms with Gasteiger partial charge in [-0.2, -0.15) is 0 Å². The van der Waals surface area contributed by atoms with Crippen LogP contribution in [0, 0.1) is 5.82 Å². The fourth-order valence-electron chi connectivity index (χ4n) is 3.96. The van der Waals surface area contributed by atoms with Crippen molar-refractivity contribution in [2.75, 3.05) is 46.0 Å². The van der Waals surface area contributed by atoms with Crippen molar-refractivity contribution in [2.45, 2.75) is 25.9 Å². The molecule has 1 saturated heterocycles. The van der Waals surface area contributed by atoms with Crippen molar-refractivity contribution in [3.8, 4) is 5.75 Å². The van der Waals surface area contributed by atoms with Crippen LogP contribution in [0.5, 0.6) is 5.75 Å². The average molecular weight is 384 g/mol. The van der Waals surface area contributed by atoms with E-state index in [1.165, 1.54) is 11.1 Å². The van der Waals surface area contributed by atoms with Crippen molar-refractivity contribution < 1.29 is 13.9 Å². The maximum absolute atomic E-state index is 14.2. The lowest BCUT2D eigenvalue weighted by molar-refractivity contribution is 0.0324. The molecule has 2 aliphatic heterocycles. The maximum atomic E-state index is 14.2. The Bertz CT molecular complexity index is 777. The third-order valence-electron chi connectivity index (χ3n) is 5.57. The summed E-state index contributed by atoms with van der Waals surface area (Å²) in [7, 11) is 0. The number of aryl methyl sites for hydroxylation is 1. The summed E-state index contributed by atoms with van der Waals surface area (Å²) in [5.41, 5.74) is 3.32. The minimum absolute atomic E-state index is 0.127. The third kappa shape index (κ3) is 5.10. The number of benzene rings is 2. The van der Waals surface area contributed by atoms with E-state index < -0.39 is 0 Å². The van der Waals surface area contributed by atoms with E-state index in [0.717, 1.165) is 76.7 Å². The van der Waals surface area contributed by atoms with Crippen molar-refractivity contribution in [1.82, 2.24) is 9.80 Å². The summed E-state index contributed by atoms with van der Waals surface area (Å²) in [4.78, 5) is 4.78. The van der Waals surface area contributed by atoms with Crippen molar-refractivity contribution in [3.63, 3.8) is 0 Å². The van der Waals surface area contributed by atoms with Gasteiger partial charge in [-0.3, -0.25) is 9.80 Å². The largest absolute Gasteiger partial charge is 0.493 e. The van der Waals surface area contributed by atoms with Gasteiger partial charge in [-0.25, -0.2) is 4.39 Å². The maximum Gasteiger partial charge on any atom is 0.127 e. The molecule has 28 heavy (non-hydrogen) atoms. The normalized spacial score (nSPS) is 17.4. The quantitative estimate of drug-likeness (QED) is 0.730. The SMILES string of the molecule is Fc1ccccc1CN(CCN1CCOCC1)Cc1ccc2c(c1)CCCO2. The molecule has 0 unspecified atom stereocenters. The Kier molecular flexibility index (Phi) is 6.57. The molecule has 0 amide bonds. The molecule has 2 aromatic rings. The van der Waals surface area contributed by atoms with Gasteiger partial charge in [0.05, 0.1) is 19.8 Å². The molecule has 0 aliphatic carbocycles. The molecule has 0 aromatic heterocycles. The van der Waals surface area contributed by atoms with E-state index in [1.807, 2.05) is 12.1 Å². The highest BCUT2D eigenvalue weighted by Crippen LogP contribution is 2.26. The van der Waals surface area contributed by atoms with E-state index in [2.05, 4.69) is 28.0 Å². The number of fused-ring (bicyclic) bond motifs is 1. The molecule has 0 bridgehead atoms. The third-order valence-corrected chi connectivity index (χ3v) is 5.57. The second-order valence-electron chi connectivity index (χ2n) is 7.65. The molecular weight excluding hydrogens is 355 g/mol. The van der Waals surface area contributed by atoms with E-state index in [9.17, 15) is 4.39 Å². The molecule has 5 heteroatoms. The number of rotatable bonds is 7. The van der Waals surface area contributed by atoms with Gasteiger partial charge in [0.25, 0.3) is 0 Å². The predicted molar refractivity (Wildman–Crippen MR) is 108 cm³/mol. The first-order chi connectivity index (χ1) is 13.8. The van der Waals surface area contributed by atoms with Crippen LogP contribution in [0.25, 0.3) is 0 Å². The van der Waals surface area contributed by atoms with E-state index >= 15 is 0 Å². The van der Waals surface area contributed by atoms with Gasteiger partial charge in [0.2, 0.25) is 0 Å². The summed E-state index contributed by atoms with van der Waals surface area (Å²) in [6.45, 7) is 7.68. The fourth-order valence-corrected chi connectivity index (χ4v) is 3.96. The first-order valence-electron chi connectivity index (χ1n) is 10.3. The zero-order valence-electron chi connectivity index (χ0n) is 16.4. The van der Waals surface area contributed by atoms with E-state index in [0.29, 0.717) is 6.54 Å². The summed E-state index contributed by atoms with van der Waals surface area (Å²) in [5.74, 6) is 0.890. The standard InChI is InChI=1S/C23H29FN2O2/c24-22-6-2-1-4-21(22)18-26(10-9-25-11-14-27-15-12-25)17-19-7-8-23-20(16-19)5-3-13-28-23/h1-2,4,6-8,16H,3,5,9-15,17-18H2. The minimum atomic E-state index is -0.127. The number of morpholine rings is 1. The van der Waals surface area contributed by atoms with E-state index in [4.69, 9.17) is 9.47 Å². The summed E-state index contributed by atoms with van der Waals surface area (Å²) < 4.78 is 25.4. The number of halogens is 1. The van der Waals surface area contributed by atoms with Crippen LogP contribution in [0.15, 0.2) is 42.5 Å². The number of ether oxygens (including phenoxy) is 2. The first-order valence-corrected chi connectivity index (χ1v) is 10.3. The monoisotopic (exact) mass is 384 g/mol. The van der Waals surface area contributed by atoms with Crippen molar-refractivity contribution >= 4 is 0 Å². The molecule has 1 fully saturated rings. The van der Waals surface area contributed by atoms with E-state index in [1.54, 1.807) is 12.1 Å². The number of hydrogen-bond acceptors (Lipinski definition) is 4. The van der Waals surface area contributed by atoms with Gasteiger partial charge in [-0.15, -0.1) is 0 Å².